The summed E-state index contributed by atoms with van der Waals surface area (Å²) in [5.74, 6) is -0.414. The van der Waals surface area contributed by atoms with E-state index in [1.54, 1.807) is 6.20 Å². The van der Waals surface area contributed by atoms with E-state index in [0.29, 0.717) is 13.0 Å². The van der Waals surface area contributed by atoms with Gasteiger partial charge in [0.1, 0.15) is 0 Å². The van der Waals surface area contributed by atoms with Gasteiger partial charge in [0.05, 0.1) is 23.9 Å². The molecular weight excluding hydrogens is 300 g/mol. The average Bonchev–Trinajstić information content (AvgIpc) is 2.94. The van der Waals surface area contributed by atoms with Crippen LogP contribution in [0, 0.1) is 26.7 Å². The summed E-state index contributed by atoms with van der Waals surface area (Å²) in [6.45, 7) is 8.66. The first-order chi connectivity index (χ1) is 11.5. The maximum Gasteiger partial charge on any atom is 0.314 e. The highest BCUT2D eigenvalue weighted by molar-refractivity contribution is 6.03. The molecule has 1 atom stereocenters. The third kappa shape index (κ3) is 3.09. The number of nitrogens with zero attached hydrogens (tertiary/aromatic N) is 2. The van der Waals surface area contributed by atoms with Gasteiger partial charge in [-0.15, -0.1) is 0 Å². The second-order valence-electron chi connectivity index (χ2n) is 6.41. The van der Waals surface area contributed by atoms with Gasteiger partial charge in [0.25, 0.3) is 0 Å². The van der Waals surface area contributed by atoms with Crippen LogP contribution < -0.4 is 0 Å². The largest absolute Gasteiger partial charge is 0.465 e. The Morgan fingerprint density at radius 3 is 2.58 bits per heavy atom. The van der Waals surface area contributed by atoms with Crippen LogP contribution in [0.4, 0.5) is 5.69 Å². The maximum absolute atomic E-state index is 11.8. The summed E-state index contributed by atoms with van der Waals surface area (Å²) in [5.41, 5.74) is 7.15. The number of benzene rings is 1. The van der Waals surface area contributed by atoms with Crippen LogP contribution in [-0.4, -0.2) is 23.3 Å². The summed E-state index contributed by atoms with van der Waals surface area (Å²) in [6, 6.07) is 8.14. The van der Waals surface area contributed by atoms with Crippen LogP contribution in [0.15, 0.2) is 35.5 Å². The first-order valence-electron chi connectivity index (χ1n) is 8.22. The van der Waals surface area contributed by atoms with Crippen LogP contribution in [0.5, 0.6) is 0 Å². The number of aryl methyl sites for hydroxylation is 3. The molecule has 0 N–H and O–H groups in total. The van der Waals surface area contributed by atoms with Gasteiger partial charge >= 0.3 is 5.97 Å². The van der Waals surface area contributed by atoms with Crippen LogP contribution in [0.1, 0.15) is 30.0 Å². The Bertz CT molecular complexity index is 801. The molecule has 0 spiro atoms. The van der Waals surface area contributed by atoms with E-state index < -0.39 is 0 Å². The zero-order valence-electron chi connectivity index (χ0n) is 14.6. The lowest BCUT2D eigenvalue weighted by Crippen LogP contribution is -2.16. The van der Waals surface area contributed by atoms with Crippen LogP contribution in [0.25, 0.3) is 11.3 Å². The molecule has 3 rings (SSSR count). The van der Waals surface area contributed by atoms with Crippen LogP contribution in [-0.2, 0) is 9.53 Å². The molecule has 0 bridgehead atoms. The van der Waals surface area contributed by atoms with Crippen molar-refractivity contribution in [1.82, 2.24) is 4.98 Å². The van der Waals surface area contributed by atoms with E-state index in [2.05, 4.69) is 37.9 Å². The van der Waals surface area contributed by atoms with Gasteiger partial charge in [-0.05, 0) is 51.0 Å². The zero-order chi connectivity index (χ0) is 17.3. The molecule has 2 aromatic rings. The highest BCUT2D eigenvalue weighted by atomic mass is 16.5. The topological polar surface area (TPSA) is 51.6 Å². The Hall–Kier alpha value is -2.49. The molecule has 1 saturated heterocycles. The molecule has 0 radical (unpaired) electrons. The number of hydrogen-bond donors (Lipinski definition) is 0. The molecule has 1 aliphatic heterocycles. The lowest BCUT2D eigenvalue weighted by Gasteiger charge is -2.13. The Morgan fingerprint density at radius 1 is 1.25 bits per heavy atom. The van der Waals surface area contributed by atoms with E-state index in [0.717, 1.165) is 22.7 Å². The second-order valence-corrected chi connectivity index (χ2v) is 6.41. The molecule has 1 aliphatic rings. The molecule has 4 heteroatoms. The molecule has 0 amide bonds. The first kappa shape index (κ1) is 16.4. The quantitative estimate of drug-likeness (QED) is 0.624. The first-order valence-corrected chi connectivity index (χ1v) is 8.22. The smallest absolute Gasteiger partial charge is 0.314 e. The van der Waals surface area contributed by atoms with Gasteiger partial charge < -0.3 is 4.74 Å². The van der Waals surface area contributed by atoms with Crippen molar-refractivity contribution in [2.75, 3.05) is 6.61 Å². The normalized spacial score (nSPS) is 17.9. The second kappa shape index (κ2) is 6.56. The number of pyridine rings is 1. The van der Waals surface area contributed by atoms with Crippen molar-refractivity contribution in [2.24, 2.45) is 10.9 Å². The summed E-state index contributed by atoms with van der Waals surface area (Å²) in [6.07, 6.45) is 2.48. The Balaban J connectivity index is 2.08. The van der Waals surface area contributed by atoms with E-state index in [9.17, 15) is 4.79 Å². The summed E-state index contributed by atoms with van der Waals surface area (Å²) in [7, 11) is 0. The molecule has 0 saturated carbocycles. The van der Waals surface area contributed by atoms with Crippen molar-refractivity contribution in [2.45, 2.75) is 34.1 Å². The number of cyclic esters (lactones) is 1. The third-order valence-electron chi connectivity index (χ3n) is 4.44. The van der Waals surface area contributed by atoms with E-state index in [4.69, 9.17) is 9.73 Å². The fraction of sp³-hybridized carbons (Fsp3) is 0.350. The van der Waals surface area contributed by atoms with E-state index in [-0.39, 0.29) is 11.9 Å². The van der Waals surface area contributed by atoms with E-state index >= 15 is 0 Å². The van der Waals surface area contributed by atoms with E-state index in [1.165, 1.54) is 16.7 Å². The van der Waals surface area contributed by atoms with Crippen molar-refractivity contribution in [3.05, 3.63) is 47.2 Å². The van der Waals surface area contributed by atoms with E-state index in [1.807, 2.05) is 19.1 Å². The standard InChI is InChI=1S/C20H22N2O2/c1-12-10-13(2)18(14(3)11-12)19-17(6-5-8-21-19)22-15(4)16-7-9-24-20(16)23/h5-6,8,10-11,16H,7,9H2,1-4H3. The molecule has 1 aromatic carbocycles. The van der Waals surface area contributed by atoms with Gasteiger partial charge in [-0.2, -0.15) is 0 Å². The molecule has 1 aromatic heterocycles. The number of rotatable bonds is 3. The SMILES string of the molecule is CC(=Nc1cccnc1-c1c(C)cc(C)cc1C)C1CCOC1=O. The highest BCUT2D eigenvalue weighted by Gasteiger charge is 2.29. The van der Waals surface area contributed by atoms with Crippen LogP contribution in [0.3, 0.4) is 0 Å². The minimum atomic E-state index is -0.238. The fourth-order valence-electron chi connectivity index (χ4n) is 3.38. The lowest BCUT2D eigenvalue weighted by molar-refractivity contribution is -0.139. The monoisotopic (exact) mass is 322 g/mol. The van der Waals surface area contributed by atoms with Crippen LogP contribution in [0.2, 0.25) is 0 Å². The number of aliphatic imine (C=N–C) groups is 1. The number of carbonyl (C=O) groups excluding carboxylic acids is 1. The Morgan fingerprint density at radius 2 is 1.96 bits per heavy atom. The van der Waals surface area contributed by atoms with Gasteiger partial charge in [0.15, 0.2) is 0 Å². The summed E-state index contributed by atoms with van der Waals surface area (Å²) in [4.78, 5) is 21.1. The van der Waals surface area contributed by atoms with Crippen molar-refractivity contribution in [3.63, 3.8) is 0 Å². The van der Waals surface area contributed by atoms with Gasteiger partial charge in [-0.1, -0.05) is 17.7 Å². The summed E-state index contributed by atoms with van der Waals surface area (Å²) < 4.78 is 5.06. The van der Waals surface area contributed by atoms with Crippen molar-refractivity contribution >= 4 is 17.4 Å². The molecule has 1 unspecified atom stereocenters. The van der Waals surface area contributed by atoms with Gasteiger partial charge in [0, 0.05) is 23.9 Å². The minimum Gasteiger partial charge on any atom is -0.465 e. The fourth-order valence-corrected chi connectivity index (χ4v) is 3.38. The number of ether oxygens (including phenoxy) is 1. The molecule has 1 fully saturated rings. The van der Waals surface area contributed by atoms with Crippen molar-refractivity contribution < 1.29 is 9.53 Å². The Labute approximate surface area is 142 Å². The van der Waals surface area contributed by atoms with Crippen molar-refractivity contribution in [3.8, 4) is 11.3 Å². The number of hydrogen-bond acceptors (Lipinski definition) is 4. The minimum absolute atomic E-state index is 0.176. The lowest BCUT2D eigenvalue weighted by atomic mass is 9.96. The molecular formula is C20H22N2O2. The van der Waals surface area contributed by atoms with Gasteiger partial charge in [-0.3, -0.25) is 14.8 Å². The maximum atomic E-state index is 11.8. The predicted octanol–water partition coefficient (Wildman–Crippen LogP) is 4.33. The number of carbonyl (C=O) groups is 1. The molecule has 24 heavy (non-hydrogen) atoms. The number of aromatic nitrogens is 1. The van der Waals surface area contributed by atoms with Crippen molar-refractivity contribution in [1.29, 1.82) is 0 Å². The predicted molar refractivity (Wildman–Crippen MR) is 95.7 cm³/mol. The molecule has 124 valence electrons. The Kier molecular flexibility index (Phi) is 4.47. The summed E-state index contributed by atoms with van der Waals surface area (Å²) in [5, 5.41) is 0. The van der Waals surface area contributed by atoms with Crippen LogP contribution >= 0.6 is 0 Å². The van der Waals surface area contributed by atoms with Gasteiger partial charge in [0.2, 0.25) is 0 Å². The van der Waals surface area contributed by atoms with Gasteiger partial charge in [-0.25, -0.2) is 0 Å². The zero-order valence-corrected chi connectivity index (χ0v) is 14.6. The average molecular weight is 322 g/mol. The number of esters is 1. The summed E-state index contributed by atoms with van der Waals surface area (Å²) >= 11 is 0. The molecule has 0 aliphatic carbocycles. The molecule has 4 nitrogen and oxygen atoms in total. The third-order valence-corrected chi connectivity index (χ3v) is 4.44. The highest BCUT2D eigenvalue weighted by Crippen LogP contribution is 2.34. The molecule has 2 heterocycles.